The highest BCUT2D eigenvalue weighted by Gasteiger charge is 2.32. The number of ether oxygens (including phenoxy) is 1. The number of aromatic nitrogens is 1. The van der Waals surface area contributed by atoms with Gasteiger partial charge in [0, 0.05) is 31.7 Å². The van der Waals surface area contributed by atoms with E-state index in [9.17, 15) is 13.2 Å². The molecule has 1 amide bonds. The fourth-order valence-electron chi connectivity index (χ4n) is 4.00. The fourth-order valence-corrected chi connectivity index (χ4v) is 6.88. The van der Waals surface area contributed by atoms with Crippen molar-refractivity contribution < 1.29 is 17.9 Å². The van der Waals surface area contributed by atoms with Crippen LogP contribution in [0.1, 0.15) is 24.2 Å². The number of hydrogen-bond acceptors (Lipinski definition) is 7. The van der Waals surface area contributed by atoms with Gasteiger partial charge in [0.1, 0.15) is 5.52 Å². The van der Waals surface area contributed by atoms with E-state index in [4.69, 9.17) is 16.3 Å². The molecule has 1 aliphatic heterocycles. The minimum Gasteiger partial charge on any atom is -0.373 e. The van der Waals surface area contributed by atoms with Gasteiger partial charge >= 0.3 is 0 Å². The van der Waals surface area contributed by atoms with Gasteiger partial charge in [0.2, 0.25) is 10.0 Å². The third-order valence-electron chi connectivity index (χ3n) is 5.73. The summed E-state index contributed by atoms with van der Waals surface area (Å²) in [6.45, 7) is 5.37. The summed E-state index contributed by atoms with van der Waals surface area (Å²) < 4.78 is 34.3. The largest absolute Gasteiger partial charge is 0.373 e. The smallest absolute Gasteiger partial charge is 0.260 e. The van der Waals surface area contributed by atoms with Gasteiger partial charge in [-0.25, -0.2) is 13.4 Å². The van der Waals surface area contributed by atoms with Crippen LogP contribution in [0.25, 0.3) is 10.2 Å². The lowest BCUT2D eigenvalue weighted by atomic mass is 10.2. The van der Waals surface area contributed by atoms with Crippen LogP contribution in [0, 0.1) is 0 Å². The molecule has 0 radical (unpaired) electrons. The number of carbonyl (C=O) groups is 1. The van der Waals surface area contributed by atoms with Gasteiger partial charge in [-0.2, -0.15) is 4.31 Å². The highest BCUT2D eigenvalue weighted by atomic mass is 35.5. The second-order valence-corrected chi connectivity index (χ2v) is 12.3. The number of likely N-dealkylation sites (N-methyl/N-ethyl adjacent to an activating group) is 1. The van der Waals surface area contributed by atoms with E-state index in [1.165, 1.54) is 27.8 Å². The summed E-state index contributed by atoms with van der Waals surface area (Å²) >= 11 is 7.70. The molecule has 2 aromatic carbocycles. The van der Waals surface area contributed by atoms with Crippen LogP contribution in [-0.4, -0.2) is 81.0 Å². The molecule has 4 rings (SSSR count). The molecule has 0 unspecified atom stereocenters. The third kappa shape index (κ3) is 5.68. The molecule has 1 saturated heterocycles. The molecule has 0 N–H and O–H groups in total. The monoisotopic (exact) mass is 536 g/mol. The molecule has 1 fully saturated rings. The number of thiazole rings is 1. The summed E-state index contributed by atoms with van der Waals surface area (Å²) in [5.74, 6) is -0.250. The van der Waals surface area contributed by atoms with Crippen LogP contribution in [0.15, 0.2) is 47.4 Å². The van der Waals surface area contributed by atoms with E-state index >= 15 is 0 Å². The first-order chi connectivity index (χ1) is 16.6. The minimum absolute atomic E-state index is 0.155. The molecule has 3 aromatic rings. The lowest BCUT2D eigenvalue weighted by Crippen LogP contribution is -2.48. The van der Waals surface area contributed by atoms with E-state index in [0.717, 1.165) is 4.70 Å². The van der Waals surface area contributed by atoms with Gasteiger partial charge in [0.05, 0.1) is 26.8 Å². The SMILES string of the molecule is C[C@H]1CN(S(=O)(=O)c2ccc(C(=O)N(CCN(C)C)c3nc4c(Cl)cccc4s3)cc2)C[C@H](C)O1. The topological polar surface area (TPSA) is 83.1 Å². The average Bonchev–Trinajstić information content (AvgIpc) is 3.24. The average molecular weight is 537 g/mol. The van der Waals surface area contributed by atoms with Crippen molar-refractivity contribution in [1.29, 1.82) is 0 Å². The van der Waals surface area contributed by atoms with E-state index < -0.39 is 10.0 Å². The van der Waals surface area contributed by atoms with Gasteiger partial charge in [-0.15, -0.1) is 0 Å². The summed E-state index contributed by atoms with van der Waals surface area (Å²) in [5.41, 5.74) is 1.05. The first-order valence-corrected chi connectivity index (χ1v) is 14.0. The maximum atomic E-state index is 13.5. The van der Waals surface area contributed by atoms with Gasteiger partial charge in [-0.3, -0.25) is 9.69 Å². The van der Waals surface area contributed by atoms with Crippen molar-refractivity contribution >= 4 is 54.2 Å². The Bertz CT molecular complexity index is 1300. The fraction of sp³-hybridized carbons (Fsp3) is 0.417. The molecule has 0 spiro atoms. The van der Waals surface area contributed by atoms with Crippen LogP contribution in [0.2, 0.25) is 5.02 Å². The molecule has 0 bridgehead atoms. The number of morpholine rings is 1. The molecule has 35 heavy (non-hydrogen) atoms. The van der Waals surface area contributed by atoms with Crippen molar-refractivity contribution in [3.63, 3.8) is 0 Å². The number of sulfonamides is 1. The summed E-state index contributed by atoms with van der Waals surface area (Å²) in [5, 5.41) is 1.08. The number of anilines is 1. The number of hydrogen-bond donors (Lipinski definition) is 0. The number of fused-ring (bicyclic) bond motifs is 1. The molecule has 1 aliphatic rings. The van der Waals surface area contributed by atoms with Crippen LogP contribution in [0.5, 0.6) is 0 Å². The first kappa shape index (κ1) is 26.0. The quantitative estimate of drug-likeness (QED) is 0.454. The zero-order chi connectivity index (χ0) is 25.3. The lowest BCUT2D eigenvalue weighted by molar-refractivity contribution is -0.0440. The second kappa shape index (κ2) is 10.5. The van der Waals surface area contributed by atoms with Crippen molar-refractivity contribution in [2.24, 2.45) is 0 Å². The molecule has 2 atom stereocenters. The van der Waals surface area contributed by atoms with E-state index in [1.807, 2.05) is 45.0 Å². The Kier molecular flexibility index (Phi) is 7.80. The number of nitrogens with zero attached hydrogens (tertiary/aromatic N) is 4. The highest BCUT2D eigenvalue weighted by Crippen LogP contribution is 2.33. The first-order valence-electron chi connectivity index (χ1n) is 11.3. The summed E-state index contributed by atoms with van der Waals surface area (Å²) in [7, 11) is 0.181. The van der Waals surface area contributed by atoms with Crippen molar-refractivity contribution in [3.8, 4) is 0 Å². The number of carbonyl (C=O) groups excluding carboxylic acids is 1. The Morgan fingerprint density at radius 3 is 2.37 bits per heavy atom. The standard InChI is InChI=1S/C24H29ClN4O4S2/c1-16-14-28(15-17(2)33-16)35(31,32)19-10-8-18(9-11-19)23(30)29(13-12-27(3)4)24-26-22-20(25)6-5-7-21(22)34-24/h5-11,16-17H,12-15H2,1-4H3/t16-,17-/m0/s1. The Balaban J connectivity index is 1.61. The molecule has 1 aromatic heterocycles. The number of rotatable bonds is 7. The Hall–Kier alpha value is -2.08. The van der Waals surface area contributed by atoms with Crippen molar-refractivity contribution in [3.05, 3.63) is 53.1 Å². The molecular formula is C24H29ClN4O4S2. The maximum absolute atomic E-state index is 13.5. The normalized spacial score (nSPS) is 19.4. The van der Waals surface area contributed by atoms with Crippen LogP contribution in [0.4, 0.5) is 5.13 Å². The van der Waals surface area contributed by atoms with E-state index in [-0.39, 0.29) is 23.0 Å². The number of halogens is 1. The van der Waals surface area contributed by atoms with Gasteiger partial charge < -0.3 is 9.64 Å². The predicted molar refractivity (Wildman–Crippen MR) is 140 cm³/mol. The van der Waals surface area contributed by atoms with E-state index in [1.54, 1.807) is 23.1 Å². The number of amides is 1. The molecular weight excluding hydrogens is 508 g/mol. The van der Waals surface area contributed by atoms with Crippen molar-refractivity contribution in [2.75, 3.05) is 45.2 Å². The number of benzene rings is 2. The summed E-state index contributed by atoms with van der Waals surface area (Å²) in [6, 6.07) is 11.7. The lowest BCUT2D eigenvalue weighted by Gasteiger charge is -2.34. The Labute approximate surface area is 215 Å². The van der Waals surface area contributed by atoms with Crippen LogP contribution in [0.3, 0.4) is 0 Å². The maximum Gasteiger partial charge on any atom is 0.260 e. The van der Waals surface area contributed by atoms with Crippen LogP contribution < -0.4 is 4.90 Å². The zero-order valence-corrected chi connectivity index (χ0v) is 22.5. The molecule has 2 heterocycles. The van der Waals surface area contributed by atoms with E-state index in [2.05, 4.69) is 4.98 Å². The molecule has 11 heteroatoms. The highest BCUT2D eigenvalue weighted by molar-refractivity contribution is 7.89. The van der Waals surface area contributed by atoms with Gasteiger partial charge in [-0.1, -0.05) is 29.0 Å². The Morgan fingerprint density at radius 2 is 1.77 bits per heavy atom. The summed E-state index contributed by atoms with van der Waals surface area (Å²) in [6.07, 6.45) is -0.358. The van der Waals surface area contributed by atoms with Crippen LogP contribution in [-0.2, 0) is 14.8 Å². The summed E-state index contributed by atoms with van der Waals surface area (Å²) in [4.78, 5) is 21.9. The van der Waals surface area contributed by atoms with E-state index in [0.29, 0.717) is 47.4 Å². The molecule has 0 aliphatic carbocycles. The third-order valence-corrected chi connectivity index (χ3v) is 8.92. The minimum atomic E-state index is -3.69. The van der Waals surface area contributed by atoms with Crippen molar-refractivity contribution in [1.82, 2.24) is 14.2 Å². The van der Waals surface area contributed by atoms with Gasteiger partial charge in [0.15, 0.2) is 5.13 Å². The Morgan fingerprint density at radius 1 is 1.11 bits per heavy atom. The molecule has 188 valence electrons. The second-order valence-electron chi connectivity index (χ2n) is 8.95. The van der Waals surface area contributed by atoms with Gasteiger partial charge in [0.25, 0.3) is 5.91 Å². The van der Waals surface area contributed by atoms with Crippen molar-refractivity contribution in [2.45, 2.75) is 31.0 Å². The van der Waals surface area contributed by atoms with Gasteiger partial charge in [-0.05, 0) is 64.3 Å². The zero-order valence-electron chi connectivity index (χ0n) is 20.1. The molecule has 0 saturated carbocycles. The molecule has 8 nitrogen and oxygen atoms in total. The predicted octanol–water partition coefficient (Wildman–Crippen LogP) is 3.96. The number of para-hydroxylation sites is 1. The van der Waals surface area contributed by atoms with Crippen LogP contribution >= 0.6 is 22.9 Å².